The average Bonchev–Trinajstić information content (AvgIpc) is 2.94. The van der Waals surface area contributed by atoms with E-state index in [4.69, 9.17) is 19.7 Å². The lowest BCUT2D eigenvalue weighted by molar-refractivity contribution is 0.155. The summed E-state index contributed by atoms with van der Waals surface area (Å²) >= 11 is 0. The zero-order chi connectivity index (χ0) is 14.7. The van der Waals surface area contributed by atoms with Gasteiger partial charge in [0.1, 0.15) is 24.7 Å². The first-order valence-corrected chi connectivity index (χ1v) is 7.21. The third-order valence-corrected chi connectivity index (χ3v) is 3.76. The first-order valence-electron chi connectivity index (χ1n) is 7.21. The maximum atomic E-state index is 6.16. The van der Waals surface area contributed by atoms with Crippen LogP contribution in [0.4, 0.5) is 0 Å². The van der Waals surface area contributed by atoms with Crippen LogP contribution in [0.15, 0.2) is 28.8 Å². The van der Waals surface area contributed by atoms with Crippen molar-refractivity contribution < 1.29 is 14.0 Å². The monoisotopic (exact) mass is 288 g/mol. The minimum Gasteiger partial charge on any atom is -0.487 e. The number of aryl methyl sites for hydroxylation is 1. The maximum absolute atomic E-state index is 6.16. The second-order valence-corrected chi connectivity index (χ2v) is 5.37. The Balaban J connectivity index is 1.66. The molecule has 1 atom stereocenters. The van der Waals surface area contributed by atoms with Gasteiger partial charge in [0, 0.05) is 19.2 Å². The standard InChI is InChI=1S/C16H20N2O3/c1-19-10-14-7-12(18-21-14)9-20-13-6-5-11-3-2-4-16(17)15(11)8-13/h5-8,16H,2-4,9-10,17H2,1H3/t16-/m0/s1. The number of methoxy groups -OCH3 is 1. The van der Waals surface area contributed by atoms with E-state index in [1.165, 1.54) is 11.1 Å². The summed E-state index contributed by atoms with van der Waals surface area (Å²) in [5.41, 5.74) is 9.46. The van der Waals surface area contributed by atoms with Crippen molar-refractivity contribution in [3.05, 3.63) is 46.8 Å². The molecule has 0 fully saturated rings. The molecule has 3 rings (SSSR count). The van der Waals surface area contributed by atoms with Gasteiger partial charge in [0.15, 0.2) is 5.76 Å². The third-order valence-electron chi connectivity index (χ3n) is 3.76. The molecule has 21 heavy (non-hydrogen) atoms. The van der Waals surface area contributed by atoms with E-state index in [0.29, 0.717) is 19.0 Å². The van der Waals surface area contributed by atoms with Crippen molar-refractivity contribution in [3.8, 4) is 5.75 Å². The summed E-state index contributed by atoms with van der Waals surface area (Å²) in [4.78, 5) is 0. The fraction of sp³-hybridized carbons (Fsp3) is 0.438. The van der Waals surface area contributed by atoms with Gasteiger partial charge in [-0.1, -0.05) is 11.2 Å². The number of ether oxygens (including phenoxy) is 2. The molecule has 0 spiro atoms. The van der Waals surface area contributed by atoms with Crippen LogP contribution < -0.4 is 10.5 Å². The van der Waals surface area contributed by atoms with E-state index in [0.717, 1.165) is 30.7 Å². The minimum atomic E-state index is 0.123. The van der Waals surface area contributed by atoms with E-state index < -0.39 is 0 Å². The number of nitrogens with two attached hydrogens (primary N) is 1. The van der Waals surface area contributed by atoms with Gasteiger partial charge in [0.2, 0.25) is 0 Å². The molecule has 0 saturated carbocycles. The quantitative estimate of drug-likeness (QED) is 0.916. The summed E-state index contributed by atoms with van der Waals surface area (Å²) in [6, 6.07) is 8.12. The van der Waals surface area contributed by atoms with Crippen LogP contribution in [0.3, 0.4) is 0 Å². The van der Waals surface area contributed by atoms with Crippen molar-refractivity contribution >= 4 is 0 Å². The average molecular weight is 288 g/mol. The van der Waals surface area contributed by atoms with Crippen molar-refractivity contribution in [2.24, 2.45) is 5.73 Å². The summed E-state index contributed by atoms with van der Waals surface area (Å²) in [5, 5.41) is 3.95. The van der Waals surface area contributed by atoms with Crippen molar-refractivity contribution in [1.82, 2.24) is 5.16 Å². The number of benzene rings is 1. The summed E-state index contributed by atoms with van der Waals surface area (Å²) < 4.78 is 15.9. The molecule has 1 aliphatic carbocycles. The zero-order valence-corrected chi connectivity index (χ0v) is 12.2. The van der Waals surface area contributed by atoms with E-state index in [-0.39, 0.29) is 6.04 Å². The molecule has 0 amide bonds. The molecule has 112 valence electrons. The van der Waals surface area contributed by atoms with Crippen LogP contribution in [-0.4, -0.2) is 12.3 Å². The lowest BCUT2D eigenvalue weighted by Gasteiger charge is -2.22. The topological polar surface area (TPSA) is 70.5 Å². The van der Waals surface area contributed by atoms with E-state index >= 15 is 0 Å². The van der Waals surface area contributed by atoms with Crippen LogP contribution in [0, 0.1) is 0 Å². The normalized spacial score (nSPS) is 17.5. The van der Waals surface area contributed by atoms with Gasteiger partial charge in [-0.2, -0.15) is 0 Å². The van der Waals surface area contributed by atoms with Gasteiger partial charge in [-0.15, -0.1) is 0 Å². The molecule has 2 aromatic rings. The number of hydrogen-bond donors (Lipinski definition) is 1. The molecule has 1 aromatic carbocycles. The van der Waals surface area contributed by atoms with Gasteiger partial charge in [-0.05, 0) is 42.5 Å². The van der Waals surface area contributed by atoms with E-state index in [9.17, 15) is 0 Å². The number of nitrogens with zero attached hydrogens (tertiary/aromatic N) is 1. The Morgan fingerprint density at radius 1 is 1.33 bits per heavy atom. The van der Waals surface area contributed by atoms with Gasteiger partial charge < -0.3 is 19.7 Å². The van der Waals surface area contributed by atoms with Crippen molar-refractivity contribution in [2.45, 2.75) is 38.5 Å². The lowest BCUT2D eigenvalue weighted by Crippen LogP contribution is -2.17. The van der Waals surface area contributed by atoms with Crippen LogP contribution in [0.25, 0.3) is 0 Å². The molecule has 5 heteroatoms. The van der Waals surface area contributed by atoms with Crippen molar-refractivity contribution in [1.29, 1.82) is 0 Å². The number of fused-ring (bicyclic) bond motifs is 1. The number of aromatic nitrogens is 1. The van der Waals surface area contributed by atoms with E-state index in [1.807, 2.05) is 12.1 Å². The zero-order valence-electron chi connectivity index (χ0n) is 12.2. The molecule has 1 aromatic heterocycles. The number of hydrogen-bond acceptors (Lipinski definition) is 5. The third kappa shape index (κ3) is 3.25. The minimum absolute atomic E-state index is 0.123. The summed E-state index contributed by atoms with van der Waals surface area (Å²) in [6.45, 7) is 0.794. The summed E-state index contributed by atoms with van der Waals surface area (Å²) in [6.07, 6.45) is 3.31. The van der Waals surface area contributed by atoms with Crippen LogP contribution in [0.1, 0.15) is 41.5 Å². The molecular weight excluding hydrogens is 268 g/mol. The van der Waals surface area contributed by atoms with Crippen LogP contribution in [-0.2, 0) is 24.4 Å². The Bertz CT molecular complexity index is 609. The Morgan fingerprint density at radius 3 is 3.10 bits per heavy atom. The molecular formula is C16H20N2O3. The maximum Gasteiger partial charge on any atom is 0.162 e. The SMILES string of the molecule is COCc1cc(COc2ccc3c(c2)[C@@H](N)CCC3)no1. The van der Waals surface area contributed by atoms with Crippen LogP contribution in [0.5, 0.6) is 5.75 Å². The molecule has 0 bridgehead atoms. The highest BCUT2D eigenvalue weighted by Crippen LogP contribution is 2.31. The first kappa shape index (κ1) is 14.1. The largest absolute Gasteiger partial charge is 0.487 e. The molecule has 0 unspecified atom stereocenters. The van der Waals surface area contributed by atoms with Crippen LogP contribution in [0.2, 0.25) is 0 Å². The fourth-order valence-corrected chi connectivity index (χ4v) is 2.69. The Kier molecular flexibility index (Phi) is 4.22. The van der Waals surface area contributed by atoms with Crippen LogP contribution >= 0.6 is 0 Å². The second-order valence-electron chi connectivity index (χ2n) is 5.37. The summed E-state index contributed by atoms with van der Waals surface area (Å²) in [7, 11) is 1.62. The van der Waals surface area contributed by atoms with E-state index in [2.05, 4.69) is 17.3 Å². The van der Waals surface area contributed by atoms with Gasteiger partial charge in [-0.25, -0.2) is 0 Å². The summed E-state index contributed by atoms with van der Waals surface area (Å²) in [5.74, 6) is 1.52. The first-order chi connectivity index (χ1) is 10.3. The molecule has 5 nitrogen and oxygen atoms in total. The predicted octanol–water partition coefficient (Wildman–Crippen LogP) is 2.74. The molecule has 0 radical (unpaired) electrons. The smallest absolute Gasteiger partial charge is 0.162 e. The Hall–Kier alpha value is -1.85. The highest BCUT2D eigenvalue weighted by molar-refractivity contribution is 5.39. The lowest BCUT2D eigenvalue weighted by atomic mass is 9.88. The van der Waals surface area contributed by atoms with Crippen molar-refractivity contribution in [3.63, 3.8) is 0 Å². The highest BCUT2D eigenvalue weighted by atomic mass is 16.5. The highest BCUT2D eigenvalue weighted by Gasteiger charge is 2.17. The second kappa shape index (κ2) is 6.28. The van der Waals surface area contributed by atoms with Gasteiger partial charge in [0.25, 0.3) is 0 Å². The van der Waals surface area contributed by atoms with E-state index in [1.54, 1.807) is 7.11 Å². The van der Waals surface area contributed by atoms with Crippen molar-refractivity contribution in [2.75, 3.05) is 7.11 Å². The number of rotatable bonds is 5. The molecule has 0 saturated heterocycles. The Morgan fingerprint density at radius 2 is 2.24 bits per heavy atom. The fourth-order valence-electron chi connectivity index (χ4n) is 2.69. The molecule has 1 heterocycles. The molecule has 2 N–H and O–H groups in total. The molecule has 1 aliphatic rings. The Labute approximate surface area is 124 Å². The van der Waals surface area contributed by atoms with Gasteiger partial charge in [0.05, 0.1) is 0 Å². The predicted molar refractivity (Wildman–Crippen MR) is 77.9 cm³/mol. The molecule has 0 aliphatic heterocycles. The van der Waals surface area contributed by atoms with Gasteiger partial charge in [-0.3, -0.25) is 0 Å². The van der Waals surface area contributed by atoms with Gasteiger partial charge >= 0.3 is 0 Å².